The van der Waals surface area contributed by atoms with Crippen LogP contribution in [-0.4, -0.2) is 27.6 Å². The molecule has 0 unspecified atom stereocenters. The van der Waals surface area contributed by atoms with E-state index >= 15 is 0 Å². The average Bonchev–Trinajstić information content (AvgIpc) is 3.04. The molecule has 1 aromatic carbocycles. The molecule has 27 heavy (non-hydrogen) atoms. The first-order valence-corrected chi connectivity index (χ1v) is 9.90. The van der Waals surface area contributed by atoms with Crippen LogP contribution < -0.4 is 5.32 Å². The van der Waals surface area contributed by atoms with Crippen LogP contribution >= 0.6 is 11.8 Å². The molecule has 0 aliphatic carbocycles. The van der Waals surface area contributed by atoms with E-state index in [-0.39, 0.29) is 5.92 Å². The molecule has 7 heteroatoms. The van der Waals surface area contributed by atoms with Gasteiger partial charge in [0.05, 0.1) is 0 Å². The molecule has 2 rings (SSSR count). The topological polar surface area (TPSA) is 77.2 Å². The lowest BCUT2D eigenvalue weighted by Gasteiger charge is -2.23. The Bertz CT molecular complexity index is 751. The van der Waals surface area contributed by atoms with Crippen molar-refractivity contribution in [1.82, 2.24) is 15.5 Å². The van der Waals surface area contributed by atoms with Gasteiger partial charge in [-0.25, -0.2) is 4.79 Å². The maximum Gasteiger partial charge on any atom is 0.408 e. The van der Waals surface area contributed by atoms with E-state index in [4.69, 9.17) is 9.15 Å². The van der Waals surface area contributed by atoms with Crippen molar-refractivity contribution in [1.29, 1.82) is 0 Å². The lowest BCUT2D eigenvalue weighted by Crippen LogP contribution is -2.37. The summed E-state index contributed by atoms with van der Waals surface area (Å²) in [5, 5.41) is 11.4. The van der Waals surface area contributed by atoms with E-state index in [0.29, 0.717) is 16.9 Å². The van der Waals surface area contributed by atoms with Crippen molar-refractivity contribution in [2.75, 3.05) is 5.75 Å². The van der Waals surface area contributed by atoms with E-state index in [0.717, 1.165) is 5.56 Å². The zero-order valence-electron chi connectivity index (χ0n) is 16.4. The highest BCUT2D eigenvalue weighted by Gasteiger charge is 2.26. The second kappa shape index (κ2) is 9.60. The predicted octanol–water partition coefficient (Wildman–Crippen LogP) is 5.10. The second-order valence-electron chi connectivity index (χ2n) is 7.40. The van der Waals surface area contributed by atoms with Gasteiger partial charge in [0.15, 0.2) is 0 Å². The molecular weight excluding hydrogens is 362 g/mol. The van der Waals surface area contributed by atoms with E-state index in [9.17, 15) is 4.79 Å². The van der Waals surface area contributed by atoms with Crippen molar-refractivity contribution in [2.24, 2.45) is 5.92 Å². The molecule has 0 bridgehead atoms. The number of benzene rings is 1. The number of amides is 1. The summed E-state index contributed by atoms with van der Waals surface area (Å²) >= 11 is 1.45. The van der Waals surface area contributed by atoms with Crippen LogP contribution in [0.2, 0.25) is 0 Å². The molecule has 1 amide bonds. The molecule has 0 spiro atoms. The molecule has 146 valence electrons. The highest BCUT2D eigenvalue weighted by atomic mass is 32.2. The number of hydrogen-bond acceptors (Lipinski definition) is 6. The second-order valence-corrected chi connectivity index (χ2v) is 8.37. The number of alkyl carbamates (subject to hydrolysis) is 1. The monoisotopic (exact) mass is 389 g/mol. The normalized spacial score (nSPS) is 13.1. The maximum atomic E-state index is 12.1. The van der Waals surface area contributed by atoms with Gasteiger partial charge >= 0.3 is 6.09 Å². The molecule has 0 aliphatic rings. The number of rotatable bonds is 7. The van der Waals surface area contributed by atoms with E-state index in [2.05, 4.69) is 15.5 Å². The van der Waals surface area contributed by atoms with Crippen LogP contribution in [-0.2, 0) is 4.74 Å². The van der Waals surface area contributed by atoms with Crippen molar-refractivity contribution < 1.29 is 13.9 Å². The van der Waals surface area contributed by atoms with Crippen molar-refractivity contribution >= 4 is 23.9 Å². The van der Waals surface area contributed by atoms with Gasteiger partial charge in [-0.3, -0.25) is 0 Å². The third-order valence-corrected chi connectivity index (χ3v) is 4.21. The third kappa shape index (κ3) is 7.46. The Hall–Kier alpha value is -2.28. The molecule has 0 radical (unpaired) electrons. The molecule has 0 aliphatic heterocycles. The van der Waals surface area contributed by atoms with Gasteiger partial charge in [-0.05, 0) is 32.3 Å². The fourth-order valence-electron chi connectivity index (χ4n) is 2.22. The molecule has 1 atom stereocenters. The Labute approximate surface area is 164 Å². The van der Waals surface area contributed by atoms with E-state index < -0.39 is 17.7 Å². The SMILES string of the molecule is CC(C)[C@H](NC(=O)OC(C)(C)C)c1nnc(SC/C=C/c2ccccc2)o1. The van der Waals surface area contributed by atoms with Crippen LogP contribution in [0.1, 0.15) is 52.1 Å². The zero-order valence-corrected chi connectivity index (χ0v) is 17.2. The Morgan fingerprint density at radius 1 is 1.26 bits per heavy atom. The summed E-state index contributed by atoms with van der Waals surface area (Å²) in [6.45, 7) is 9.41. The third-order valence-electron chi connectivity index (χ3n) is 3.44. The van der Waals surface area contributed by atoms with Gasteiger partial charge in [-0.2, -0.15) is 0 Å². The fourth-order valence-corrected chi connectivity index (χ4v) is 2.80. The Morgan fingerprint density at radius 3 is 2.59 bits per heavy atom. The molecule has 1 N–H and O–H groups in total. The Kier molecular flexibility index (Phi) is 7.47. The lowest BCUT2D eigenvalue weighted by atomic mass is 10.1. The molecule has 2 aromatic rings. The number of carbonyl (C=O) groups excluding carboxylic acids is 1. The Balaban J connectivity index is 1.92. The molecule has 0 saturated carbocycles. The van der Waals surface area contributed by atoms with Crippen LogP contribution in [0.25, 0.3) is 6.08 Å². The smallest absolute Gasteiger partial charge is 0.408 e. The number of aromatic nitrogens is 2. The first kappa shape index (κ1) is 21.0. The highest BCUT2D eigenvalue weighted by molar-refractivity contribution is 7.99. The van der Waals surface area contributed by atoms with Crippen molar-refractivity contribution in [2.45, 2.75) is 51.5 Å². The zero-order chi connectivity index (χ0) is 19.9. The summed E-state index contributed by atoms with van der Waals surface area (Å²) in [4.78, 5) is 12.1. The number of nitrogens with one attached hydrogen (secondary N) is 1. The minimum atomic E-state index is -0.563. The van der Waals surface area contributed by atoms with Gasteiger partial charge in [-0.15, -0.1) is 10.2 Å². The van der Waals surface area contributed by atoms with Crippen LogP contribution in [0.15, 0.2) is 46.0 Å². The number of hydrogen-bond donors (Lipinski definition) is 1. The first-order chi connectivity index (χ1) is 12.7. The van der Waals surface area contributed by atoms with Crippen molar-refractivity contribution in [3.8, 4) is 0 Å². The van der Waals surface area contributed by atoms with Crippen LogP contribution in [0.3, 0.4) is 0 Å². The predicted molar refractivity (Wildman–Crippen MR) is 107 cm³/mol. The maximum absolute atomic E-state index is 12.1. The molecule has 0 fully saturated rings. The summed E-state index contributed by atoms with van der Waals surface area (Å²) in [6.07, 6.45) is 3.59. The van der Waals surface area contributed by atoms with Gasteiger partial charge in [0, 0.05) is 5.75 Å². The van der Waals surface area contributed by atoms with Gasteiger partial charge in [-0.1, -0.05) is 68.1 Å². The molecule has 1 aromatic heterocycles. The largest absolute Gasteiger partial charge is 0.444 e. The lowest BCUT2D eigenvalue weighted by molar-refractivity contribution is 0.0477. The molecule has 0 saturated heterocycles. The van der Waals surface area contributed by atoms with Crippen molar-refractivity contribution in [3.63, 3.8) is 0 Å². The van der Waals surface area contributed by atoms with Gasteiger partial charge in [0.2, 0.25) is 5.89 Å². The van der Waals surface area contributed by atoms with Crippen LogP contribution in [0.5, 0.6) is 0 Å². The number of ether oxygens (including phenoxy) is 1. The highest BCUT2D eigenvalue weighted by Crippen LogP contribution is 2.25. The summed E-state index contributed by atoms with van der Waals surface area (Å²) in [6, 6.07) is 9.68. The molecule has 6 nitrogen and oxygen atoms in total. The summed E-state index contributed by atoms with van der Waals surface area (Å²) in [5.74, 6) is 1.17. The number of thioether (sulfide) groups is 1. The number of carbonyl (C=O) groups is 1. The first-order valence-electron chi connectivity index (χ1n) is 8.92. The van der Waals surface area contributed by atoms with Crippen LogP contribution in [0.4, 0.5) is 4.79 Å². The van der Waals surface area contributed by atoms with Gasteiger partial charge in [0.25, 0.3) is 5.22 Å². The summed E-state index contributed by atoms with van der Waals surface area (Å²) in [7, 11) is 0. The average molecular weight is 390 g/mol. The minimum absolute atomic E-state index is 0.0776. The summed E-state index contributed by atoms with van der Waals surface area (Å²) < 4.78 is 11.0. The summed E-state index contributed by atoms with van der Waals surface area (Å²) in [5.41, 5.74) is 0.581. The van der Waals surface area contributed by atoms with E-state index in [1.54, 1.807) is 0 Å². The quantitative estimate of drug-likeness (QED) is 0.664. The van der Waals surface area contributed by atoms with Gasteiger partial charge < -0.3 is 14.5 Å². The van der Waals surface area contributed by atoms with Crippen molar-refractivity contribution in [3.05, 3.63) is 47.9 Å². The van der Waals surface area contributed by atoms with E-state index in [1.807, 2.05) is 77.1 Å². The molecule has 1 heterocycles. The molecular formula is C20H27N3O3S. The Morgan fingerprint density at radius 2 is 1.96 bits per heavy atom. The van der Waals surface area contributed by atoms with Crippen LogP contribution in [0, 0.1) is 5.92 Å². The fraction of sp³-hybridized carbons (Fsp3) is 0.450. The minimum Gasteiger partial charge on any atom is -0.444 e. The van der Waals surface area contributed by atoms with E-state index in [1.165, 1.54) is 11.8 Å². The standard InChI is InChI=1S/C20H27N3O3S/c1-14(2)16(21-18(24)26-20(3,4)5)17-22-23-19(25-17)27-13-9-12-15-10-7-6-8-11-15/h6-12,14,16H,13H2,1-5H3,(H,21,24)/b12-9+/t16-/m0/s1. The number of nitrogens with zero attached hydrogens (tertiary/aromatic N) is 2. The van der Waals surface area contributed by atoms with Gasteiger partial charge in [0.1, 0.15) is 11.6 Å².